The SMILES string of the molecule is NC(=O)Oc1cc(CCC=O)ccc1-c1ccccc1. The molecule has 0 saturated heterocycles. The van der Waals surface area contributed by atoms with Gasteiger partial charge in [0.1, 0.15) is 12.0 Å². The van der Waals surface area contributed by atoms with Crippen LogP contribution in [0.5, 0.6) is 5.75 Å². The molecule has 4 heteroatoms. The van der Waals surface area contributed by atoms with Gasteiger partial charge in [-0.25, -0.2) is 4.79 Å². The molecule has 2 rings (SSSR count). The lowest BCUT2D eigenvalue weighted by atomic mass is 10.0. The van der Waals surface area contributed by atoms with Gasteiger partial charge >= 0.3 is 6.09 Å². The molecule has 2 N–H and O–H groups in total. The van der Waals surface area contributed by atoms with Crippen molar-refractivity contribution in [1.29, 1.82) is 0 Å². The highest BCUT2D eigenvalue weighted by Crippen LogP contribution is 2.31. The fourth-order valence-electron chi connectivity index (χ4n) is 2.00. The minimum atomic E-state index is -0.852. The third kappa shape index (κ3) is 3.45. The summed E-state index contributed by atoms with van der Waals surface area (Å²) in [6.45, 7) is 0. The molecule has 0 radical (unpaired) electrons. The number of nitrogens with two attached hydrogens (primary N) is 1. The van der Waals surface area contributed by atoms with Gasteiger partial charge in [-0.2, -0.15) is 0 Å². The van der Waals surface area contributed by atoms with Crippen LogP contribution in [0.1, 0.15) is 12.0 Å². The minimum Gasteiger partial charge on any atom is -0.410 e. The summed E-state index contributed by atoms with van der Waals surface area (Å²) in [7, 11) is 0. The maximum atomic E-state index is 11.0. The van der Waals surface area contributed by atoms with E-state index in [4.69, 9.17) is 10.5 Å². The van der Waals surface area contributed by atoms with Crippen LogP contribution in [0, 0.1) is 0 Å². The summed E-state index contributed by atoms with van der Waals surface area (Å²) >= 11 is 0. The zero-order chi connectivity index (χ0) is 14.4. The highest BCUT2D eigenvalue weighted by Gasteiger charge is 2.10. The van der Waals surface area contributed by atoms with E-state index in [1.807, 2.05) is 42.5 Å². The molecule has 1 amide bonds. The number of carbonyl (C=O) groups is 2. The van der Waals surface area contributed by atoms with Gasteiger partial charge in [-0.1, -0.05) is 42.5 Å². The van der Waals surface area contributed by atoms with Gasteiger partial charge in [0, 0.05) is 12.0 Å². The normalized spacial score (nSPS) is 10.0. The Morgan fingerprint density at radius 1 is 1.15 bits per heavy atom. The predicted octanol–water partition coefficient (Wildman–Crippen LogP) is 2.94. The molecule has 2 aromatic carbocycles. The number of aryl methyl sites for hydroxylation is 1. The molecule has 0 aliphatic heterocycles. The van der Waals surface area contributed by atoms with E-state index < -0.39 is 6.09 Å². The first-order valence-electron chi connectivity index (χ1n) is 6.30. The van der Waals surface area contributed by atoms with E-state index in [9.17, 15) is 9.59 Å². The topological polar surface area (TPSA) is 69.4 Å². The second-order valence-corrected chi connectivity index (χ2v) is 4.32. The Hall–Kier alpha value is -2.62. The number of benzene rings is 2. The van der Waals surface area contributed by atoms with Gasteiger partial charge in [0.15, 0.2) is 0 Å². The van der Waals surface area contributed by atoms with Crippen LogP contribution in [0.25, 0.3) is 11.1 Å². The lowest BCUT2D eigenvalue weighted by molar-refractivity contribution is -0.107. The first kappa shape index (κ1) is 13.8. The van der Waals surface area contributed by atoms with E-state index in [1.165, 1.54) is 0 Å². The van der Waals surface area contributed by atoms with E-state index in [0.29, 0.717) is 18.6 Å². The molecule has 0 unspecified atom stereocenters. The largest absolute Gasteiger partial charge is 0.410 e. The zero-order valence-corrected chi connectivity index (χ0v) is 10.9. The Labute approximate surface area is 117 Å². The average molecular weight is 269 g/mol. The summed E-state index contributed by atoms with van der Waals surface area (Å²) in [5.74, 6) is 0.409. The molecule has 0 aromatic heterocycles. The Balaban J connectivity index is 2.40. The molecular formula is C16H15NO3. The monoisotopic (exact) mass is 269 g/mol. The van der Waals surface area contributed by atoms with Crippen LogP contribution >= 0.6 is 0 Å². The smallest absolute Gasteiger partial charge is 0.409 e. The number of ether oxygens (including phenoxy) is 1. The average Bonchev–Trinajstić information content (AvgIpc) is 2.45. The molecule has 4 nitrogen and oxygen atoms in total. The van der Waals surface area contributed by atoms with Crippen molar-refractivity contribution in [2.24, 2.45) is 5.73 Å². The number of aldehydes is 1. The van der Waals surface area contributed by atoms with Crippen LogP contribution < -0.4 is 10.5 Å². The second kappa shape index (κ2) is 6.52. The molecule has 2 aromatic rings. The van der Waals surface area contributed by atoms with Gasteiger partial charge in [0.05, 0.1) is 0 Å². The number of carbonyl (C=O) groups excluding carboxylic acids is 2. The van der Waals surface area contributed by atoms with Crippen molar-refractivity contribution in [3.05, 3.63) is 54.1 Å². The fraction of sp³-hybridized carbons (Fsp3) is 0.125. The van der Waals surface area contributed by atoms with Crippen molar-refractivity contribution >= 4 is 12.4 Å². The van der Waals surface area contributed by atoms with E-state index in [-0.39, 0.29) is 0 Å². The Morgan fingerprint density at radius 3 is 2.55 bits per heavy atom. The predicted molar refractivity (Wildman–Crippen MR) is 76.5 cm³/mol. The molecule has 20 heavy (non-hydrogen) atoms. The number of hydrogen-bond acceptors (Lipinski definition) is 3. The number of amides is 1. The van der Waals surface area contributed by atoms with Crippen molar-refractivity contribution in [1.82, 2.24) is 0 Å². The Kier molecular flexibility index (Phi) is 4.50. The first-order valence-corrected chi connectivity index (χ1v) is 6.30. The third-order valence-electron chi connectivity index (χ3n) is 2.89. The molecule has 0 aliphatic carbocycles. The van der Waals surface area contributed by atoms with Crippen LogP contribution in [-0.4, -0.2) is 12.4 Å². The summed E-state index contributed by atoms with van der Waals surface area (Å²) < 4.78 is 5.07. The number of primary amides is 1. The van der Waals surface area contributed by atoms with Gasteiger partial charge in [-0.3, -0.25) is 0 Å². The van der Waals surface area contributed by atoms with Gasteiger partial charge in [0.2, 0.25) is 0 Å². The lowest BCUT2D eigenvalue weighted by Gasteiger charge is -2.11. The summed E-state index contributed by atoms with van der Waals surface area (Å²) in [5.41, 5.74) is 7.76. The molecule has 0 atom stereocenters. The molecule has 0 spiro atoms. The van der Waals surface area contributed by atoms with E-state index >= 15 is 0 Å². The maximum absolute atomic E-state index is 11.0. The van der Waals surface area contributed by atoms with Crippen LogP contribution in [0.15, 0.2) is 48.5 Å². The standard InChI is InChI=1S/C16H15NO3/c17-16(19)20-15-11-12(5-4-10-18)8-9-14(15)13-6-2-1-3-7-13/h1-3,6-11H,4-5H2,(H2,17,19). The van der Waals surface area contributed by atoms with Crippen molar-refractivity contribution < 1.29 is 14.3 Å². The molecule has 102 valence electrons. The molecule has 0 heterocycles. The molecule has 0 saturated carbocycles. The van der Waals surface area contributed by atoms with Crippen molar-refractivity contribution in [2.75, 3.05) is 0 Å². The van der Waals surface area contributed by atoms with Gasteiger partial charge < -0.3 is 15.3 Å². The van der Waals surface area contributed by atoms with Crippen LogP contribution in [-0.2, 0) is 11.2 Å². The zero-order valence-electron chi connectivity index (χ0n) is 10.9. The lowest BCUT2D eigenvalue weighted by Crippen LogP contribution is -2.16. The molecular weight excluding hydrogens is 254 g/mol. The summed E-state index contributed by atoms with van der Waals surface area (Å²) in [6.07, 6.45) is 1.04. The molecule has 0 fully saturated rings. The fourth-order valence-corrected chi connectivity index (χ4v) is 2.00. The van der Waals surface area contributed by atoms with Gasteiger partial charge in [0.25, 0.3) is 0 Å². The van der Waals surface area contributed by atoms with Gasteiger partial charge in [-0.15, -0.1) is 0 Å². The summed E-state index contributed by atoms with van der Waals surface area (Å²) in [6, 6.07) is 15.1. The van der Waals surface area contributed by atoms with Crippen LogP contribution in [0.4, 0.5) is 4.79 Å². The minimum absolute atomic E-state index is 0.409. The van der Waals surface area contributed by atoms with Crippen molar-refractivity contribution in [2.45, 2.75) is 12.8 Å². The number of hydrogen-bond donors (Lipinski definition) is 1. The molecule has 0 bridgehead atoms. The maximum Gasteiger partial charge on any atom is 0.409 e. The van der Waals surface area contributed by atoms with Crippen LogP contribution in [0.2, 0.25) is 0 Å². The van der Waals surface area contributed by atoms with Crippen LogP contribution in [0.3, 0.4) is 0 Å². The van der Waals surface area contributed by atoms with E-state index in [1.54, 1.807) is 6.07 Å². The first-order chi connectivity index (χ1) is 9.70. The second-order valence-electron chi connectivity index (χ2n) is 4.32. The highest BCUT2D eigenvalue weighted by molar-refractivity contribution is 5.76. The molecule has 0 aliphatic rings. The third-order valence-corrected chi connectivity index (χ3v) is 2.89. The van der Waals surface area contributed by atoms with Crippen molar-refractivity contribution in [3.8, 4) is 16.9 Å². The Morgan fingerprint density at radius 2 is 1.90 bits per heavy atom. The summed E-state index contributed by atoms with van der Waals surface area (Å²) in [5, 5.41) is 0. The highest BCUT2D eigenvalue weighted by atomic mass is 16.5. The number of rotatable bonds is 5. The Bertz CT molecular complexity index is 608. The van der Waals surface area contributed by atoms with Gasteiger partial charge in [-0.05, 0) is 23.6 Å². The quantitative estimate of drug-likeness (QED) is 0.848. The van der Waals surface area contributed by atoms with Crippen molar-refractivity contribution in [3.63, 3.8) is 0 Å². The van der Waals surface area contributed by atoms with E-state index in [0.717, 1.165) is 23.0 Å². The van der Waals surface area contributed by atoms with E-state index in [2.05, 4.69) is 0 Å². The summed E-state index contributed by atoms with van der Waals surface area (Å²) in [4.78, 5) is 21.4.